The van der Waals surface area contributed by atoms with Crippen LogP contribution in [-0.4, -0.2) is 45.8 Å². The largest absolute Gasteiger partial charge is 0.395 e. The van der Waals surface area contributed by atoms with E-state index in [0.29, 0.717) is 0 Å². The third-order valence-electron chi connectivity index (χ3n) is 3.08. The summed E-state index contributed by atoms with van der Waals surface area (Å²) in [6, 6.07) is 3.36. The number of carbonyl (C=O) groups is 3. The van der Waals surface area contributed by atoms with Crippen molar-refractivity contribution in [2.75, 3.05) is 18.5 Å². The Kier molecular flexibility index (Phi) is 4.37. The predicted molar refractivity (Wildman–Crippen MR) is 77.1 cm³/mol. The molecule has 23 heavy (non-hydrogen) atoms. The summed E-state index contributed by atoms with van der Waals surface area (Å²) < 4.78 is 0. The molecule has 3 amide bonds. The van der Waals surface area contributed by atoms with Crippen LogP contribution in [0.3, 0.4) is 0 Å². The lowest BCUT2D eigenvalue weighted by Crippen LogP contribution is -2.34. The maximum Gasteiger partial charge on any atom is 0.292 e. The number of nitrogens with zero attached hydrogens (tertiary/aromatic N) is 2. The van der Waals surface area contributed by atoms with Crippen LogP contribution < -0.4 is 11.1 Å². The molecular weight excluding hydrogens is 308 g/mol. The fourth-order valence-electron chi connectivity index (χ4n) is 2.00. The standard InChI is InChI=1S/C13H12N4O6/c14-12(20)7-1-2-10(17(22)23)8(5-7)15-9-6-11(19)16(3-4-18)13(9)21/h1-2,5-6,15,18H,3-4H2,(H2,14,20). The summed E-state index contributed by atoms with van der Waals surface area (Å²) in [6.45, 7) is -0.599. The van der Waals surface area contributed by atoms with Gasteiger partial charge in [-0.15, -0.1) is 0 Å². The molecule has 0 unspecified atom stereocenters. The fourth-order valence-corrected chi connectivity index (χ4v) is 2.00. The molecule has 0 saturated carbocycles. The van der Waals surface area contributed by atoms with Crippen molar-refractivity contribution in [2.24, 2.45) is 5.73 Å². The van der Waals surface area contributed by atoms with Gasteiger partial charge in [-0.25, -0.2) is 0 Å². The van der Waals surface area contributed by atoms with Crippen LogP contribution in [0.25, 0.3) is 0 Å². The van der Waals surface area contributed by atoms with E-state index in [1.165, 1.54) is 6.07 Å². The van der Waals surface area contributed by atoms with Gasteiger partial charge in [-0.3, -0.25) is 29.4 Å². The van der Waals surface area contributed by atoms with E-state index in [-0.39, 0.29) is 23.5 Å². The van der Waals surface area contributed by atoms with E-state index in [9.17, 15) is 24.5 Å². The lowest BCUT2D eigenvalue weighted by atomic mass is 10.1. The number of amides is 3. The third-order valence-corrected chi connectivity index (χ3v) is 3.08. The molecule has 2 rings (SSSR count). The molecule has 0 bridgehead atoms. The molecule has 1 aromatic rings. The topological polar surface area (TPSA) is 156 Å². The molecule has 10 heteroatoms. The number of nitrogens with one attached hydrogen (secondary N) is 1. The molecule has 120 valence electrons. The zero-order valence-corrected chi connectivity index (χ0v) is 11.7. The number of imide groups is 1. The molecule has 1 aliphatic heterocycles. The number of hydrogen-bond acceptors (Lipinski definition) is 7. The van der Waals surface area contributed by atoms with Gasteiger partial charge in [0.2, 0.25) is 5.91 Å². The number of primary amides is 1. The van der Waals surface area contributed by atoms with Crippen LogP contribution in [0.4, 0.5) is 11.4 Å². The van der Waals surface area contributed by atoms with Gasteiger partial charge < -0.3 is 16.2 Å². The van der Waals surface area contributed by atoms with Gasteiger partial charge in [0.1, 0.15) is 11.4 Å². The number of rotatable bonds is 6. The molecular formula is C13H12N4O6. The summed E-state index contributed by atoms with van der Waals surface area (Å²) in [5.41, 5.74) is 4.38. The first kappa shape index (κ1) is 16.1. The number of aliphatic hydroxyl groups excluding tert-OH is 1. The van der Waals surface area contributed by atoms with Gasteiger partial charge >= 0.3 is 0 Å². The average molecular weight is 320 g/mol. The smallest absolute Gasteiger partial charge is 0.292 e. The van der Waals surface area contributed by atoms with Gasteiger partial charge in [-0.1, -0.05) is 0 Å². The molecule has 0 radical (unpaired) electrons. The van der Waals surface area contributed by atoms with Crippen molar-refractivity contribution in [3.8, 4) is 0 Å². The highest BCUT2D eigenvalue weighted by atomic mass is 16.6. The Morgan fingerprint density at radius 3 is 2.65 bits per heavy atom. The van der Waals surface area contributed by atoms with Gasteiger partial charge in [-0.05, 0) is 12.1 Å². The first-order chi connectivity index (χ1) is 10.8. The molecule has 1 heterocycles. The number of hydrogen-bond donors (Lipinski definition) is 3. The number of β-amino-alcohol motifs (C(OH)–C–C–N with tert-alkyl or cyclic N) is 1. The van der Waals surface area contributed by atoms with Gasteiger partial charge in [-0.2, -0.15) is 0 Å². The second-order valence-corrected chi connectivity index (χ2v) is 4.55. The minimum absolute atomic E-state index is 0.00249. The van der Waals surface area contributed by atoms with Crippen LogP contribution >= 0.6 is 0 Å². The number of aliphatic hydroxyl groups is 1. The van der Waals surface area contributed by atoms with E-state index in [0.717, 1.165) is 23.1 Å². The van der Waals surface area contributed by atoms with E-state index < -0.39 is 34.9 Å². The Bertz CT molecular complexity index is 742. The monoisotopic (exact) mass is 320 g/mol. The van der Waals surface area contributed by atoms with Crippen LogP contribution in [0.1, 0.15) is 10.4 Å². The normalized spacial score (nSPS) is 14.0. The first-order valence-electron chi connectivity index (χ1n) is 6.38. The lowest BCUT2D eigenvalue weighted by Gasteiger charge is -2.13. The molecule has 4 N–H and O–H groups in total. The third kappa shape index (κ3) is 3.16. The minimum Gasteiger partial charge on any atom is -0.395 e. The highest BCUT2D eigenvalue weighted by Gasteiger charge is 2.31. The van der Waals surface area contributed by atoms with Gasteiger partial charge in [0.15, 0.2) is 0 Å². The van der Waals surface area contributed by atoms with Crippen LogP contribution in [0.15, 0.2) is 30.0 Å². The Hall–Kier alpha value is -3.27. The Labute approximate surface area is 129 Å². The van der Waals surface area contributed by atoms with Crippen LogP contribution in [0, 0.1) is 10.1 Å². The molecule has 0 atom stereocenters. The maximum atomic E-state index is 12.0. The van der Waals surface area contributed by atoms with E-state index in [1.54, 1.807) is 0 Å². The summed E-state index contributed by atoms with van der Waals surface area (Å²) in [7, 11) is 0. The van der Waals surface area contributed by atoms with Gasteiger partial charge in [0.25, 0.3) is 17.5 Å². The predicted octanol–water partition coefficient (Wildman–Crippen LogP) is -0.649. The second kappa shape index (κ2) is 6.23. The number of carbonyl (C=O) groups excluding carboxylic acids is 3. The SMILES string of the molecule is NC(=O)c1ccc([N+](=O)[O-])c(NC2=CC(=O)N(CCO)C2=O)c1. The van der Waals surface area contributed by atoms with E-state index in [4.69, 9.17) is 10.8 Å². The Balaban J connectivity index is 2.36. The van der Waals surface area contributed by atoms with Crippen molar-refractivity contribution in [1.29, 1.82) is 0 Å². The second-order valence-electron chi connectivity index (χ2n) is 4.55. The highest BCUT2D eigenvalue weighted by Crippen LogP contribution is 2.28. The molecule has 1 aromatic carbocycles. The van der Waals surface area contributed by atoms with Crippen LogP contribution in [0.5, 0.6) is 0 Å². The number of benzene rings is 1. The van der Waals surface area contributed by atoms with Crippen molar-refractivity contribution >= 4 is 29.1 Å². The fraction of sp³-hybridized carbons (Fsp3) is 0.154. The van der Waals surface area contributed by atoms with E-state index in [2.05, 4.69) is 5.32 Å². The van der Waals surface area contributed by atoms with Crippen molar-refractivity contribution in [3.63, 3.8) is 0 Å². The molecule has 0 spiro atoms. The average Bonchev–Trinajstić information content (AvgIpc) is 2.75. The molecule has 0 aliphatic carbocycles. The van der Waals surface area contributed by atoms with Crippen molar-refractivity contribution in [3.05, 3.63) is 45.6 Å². The molecule has 0 saturated heterocycles. The molecule has 10 nitrogen and oxygen atoms in total. The lowest BCUT2D eigenvalue weighted by molar-refractivity contribution is -0.383. The van der Waals surface area contributed by atoms with E-state index in [1.807, 2.05) is 0 Å². The summed E-state index contributed by atoms with van der Waals surface area (Å²) >= 11 is 0. The first-order valence-corrected chi connectivity index (χ1v) is 6.38. The van der Waals surface area contributed by atoms with Gasteiger partial charge in [0.05, 0.1) is 18.1 Å². The van der Waals surface area contributed by atoms with Gasteiger partial charge in [0, 0.05) is 17.7 Å². The number of anilines is 1. The molecule has 0 aromatic heterocycles. The zero-order chi connectivity index (χ0) is 17.1. The van der Waals surface area contributed by atoms with Crippen molar-refractivity contribution in [1.82, 2.24) is 4.90 Å². The number of nitro benzene ring substituents is 1. The number of nitrogens with two attached hydrogens (primary N) is 1. The number of nitro groups is 1. The highest BCUT2D eigenvalue weighted by molar-refractivity contribution is 6.17. The summed E-state index contributed by atoms with van der Waals surface area (Å²) in [5.74, 6) is -2.18. The molecule has 1 aliphatic rings. The summed E-state index contributed by atoms with van der Waals surface area (Å²) in [4.78, 5) is 45.9. The Morgan fingerprint density at radius 2 is 2.09 bits per heavy atom. The quantitative estimate of drug-likeness (QED) is 0.357. The van der Waals surface area contributed by atoms with Crippen molar-refractivity contribution < 1.29 is 24.4 Å². The van der Waals surface area contributed by atoms with Crippen LogP contribution in [-0.2, 0) is 9.59 Å². The Morgan fingerprint density at radius 1 is 1.39 bits per heavy atom. The zero-order valence-electron chi connectivity index (χ0n) is 11.7. The minimum atomic E-state index is -0.798. The molecule has 0 fully saturated rings. The van der Waals surface area contributed by atoms with Crippen LogP contribution in [0.2, 0.25) is 0 Å². The summed E-state index contributed by atoms with van der Waals surface area (Å²) in [5, 5.41) is 22.3. The van der Waals surface area contributed by atoms with Crippen molar-refractivity contribution in [2.45, 2.75) is 0 Å². The van der Waals surface area contributed by atoms with E-state index >= 15 is 0 Å². The maximum absolute atomic E-state index is 12.0. The summed E-state index contributed by atoms with van der Waals surface area (Å²) in [6.07, 6.45) is 0.957.